The first-order chi connectivity index (χ1) is 12.1. The van der Waals surface area contributed by atoms with Gasteiger partial charge in [0, 0.05) is 38.5 Å². The van der Waals surface area contributed by atoms with Crippen molar-refractivity contribution >= 4 is 29.9 Å². The van der Waals surface area contributed by atoms with Gasteiger partial charge in [0.1, 0.15) is 0 Å². The molecule has 0 aliphatic rings. The minimum Gasteiger partial charge on any atom is -0.359 e. The number of aryl methyl sites for hydroxylation is 1. The largest absolute Gasteiger partial charge is 0.359 e. The number of halogens is 1. The van der Waals surface area contributed by atoms with Crippen LogP contribution in [0.4, 0.5) is 0 Å². The molecule has 2 rings (SSSR count). The Morgan fingerprint density at radius 3 is 2.77 bits per heavy atom. The van der Waals surface area contributed by atoms with Crippen LogP contribution >= 0.6 is 24.0 Å². The lowest BCUT2D eigenvalue weighted by Crippen LogP contribution is -2.37. The summed E-state index contributed by atoms with van der Waals surface area (Å²) >= 11 is 0. The zero-order chi connectivity index (χ0) is 18.1. The van der Waals surface area contributed by atoms with Crippen LogP contribution in [-0.4, -0.2) is 29.3 Å². The van der Waals surface area contributed by atoms with Gasteiger partial charge in [0.15, 0.2) is 11.7 Å². The highest BCUT2D eigenvalue weighted by Gasteiger charge is 2.08. The summed E-state index contributed by atoms with van der Waals surface area (Å²) in [5.74, 6) is 1.86. The van der Waals surface area contributed by atoms with Crippen LogP contribution in [0.1, 0.15) is 44.1 Å². The number of hydrogen-bond acceptors (Lipinski definition) is 4. The SMILES string of the molecule is CN=C(NCCCCn1ccccc1=O)NCc1cc(C(C)C)no1.I. The fourth-order valence-electron chi connectivity index (χ4n) is 2.34. The summed E-state index contributed by atoms with van der Waals surface area (Å²) in [7, 11) is 1.73. The highest BCUT2D eigenvalue weighted by atomic mass is 127. The molecule has 0 aromatic carbocycles. The van der Waals surface area contributed by atoms with Crippen molar-refractivity contribution in [2.45, 2.75) is 45.7 Å². The second kappa shape index (κ2) is 11.7. The van der Waals surface area contributed by atoms with Gasteiger partial charge in [0.05, 0.1) is 12.2 Å². The molecule has 0 aliphatic heterocycles. The second-order valence-corrected chi connectivity index (χ2v) is 6.16. The van der Waals surface area contributed by atoms with Gasteiger partial charge in [-0.3, -0.25) is 9.79 Å². The third-order valence-corrected chi connectivity index (χ3v) is 3.84. The van der Waals surface area contributed by atoms with Gasteiger partial charge >= 0.3 is 0 Å². The molecule has 0 saturated heterocycles. The van der Waals surface area contributed by atoms with Crippen LogP contribution in [0.3, 0.4) is 0 Å². The van der Waals surface area contributed by atoms with Gasteiger partial charge in [-0.05, 0) is 24.8 Å². The van der Waals surface area contributed by atoms with Crippen LogP contribution in [0.5, 0.6) is 0 Å². The molecule has 2 N–H and O–H groups in total. The zero-order valence-corrected chi connectivity index (χ0v) is 17.9. The fourth-order valence-corrected chi connectivity index (χ4v) is 2.34. The monoisotopic (exact) mass is 473 g/mol. The topological polar surface area (TPSA) is 84.5 Å². The zero-order valence-electron chi connectivity index (χ0n) is 15.6. The van der Waals surface area contributed by atoms with Crippen molar-refractivity contribution < 1.29 is 4.52 Å². The summed E-state index contributed by atoms with van der Waals surface area (Å²) in [6.07, 6.45) is 3.69. The van der Waals surface area contributed by atoms with E-state index in [0.717, 1.165) is 43.3 Å². The lowest BCUT2D eigenvalue weighted by molar-refractivity contribution is 0.372. The predicted molar refractivity (Wildman–Crippen MR) is 114 cm³/mol. The van der Waals surface area contributed by atoms with Gasteiger partial charge in [0.25, 0.3) is 0 Å². The first kappa shape index (κ1) is 22.2. The average molecular weight is 473 g/mol. The maximum Gasteiger partial charge on any atom is 0.250 e. The van der Waals surface area contributed by atoms with Gasteiger partial charge in [-0.2, -0.15) is 0 Å². The molecule has 2 heterocycles. The molecule has 2 aromatic rings. The van der Waals surface area contributed by atoms with Crippen LogP contribution in [0.2, 0.25) is 0 Å². The van der Waals surface area contributed by atoms with Gasteiger partial charge in [-0.25, -0.2) is 0 Å². The Morgan fingerprint density at radius 2 is 2.12 bits per heavy atom. The van der Waals surface area contributed by atoms with Gasteiger partial charge < -0.3 is 19.7 Å². The number of guanidine groups is 1. The summed E-state index contributed by atoms with van der Waals surface area (Å²) in [6.45, 7) is 6.22. The Balaban J connectivity index is 0.00000338. The third kappa shape index (κ3) is 7.19. The van der Waals surface area contributed by atoms with E-state index >= 15 is 0 Å². The lowest BCUT2D eigenvalue weighted by Gasteiger charge is -2.11. The fraction of sp³-hybridized carbons (Fsp3) is 0.500. The van der Waals surface area contributed by atoms with Crippen LogP contribution in [0.25, 0.3) is 0 Å². The van der Waals surface area contributed by atoms with E-state index in [0.29, 0.717) is 12.5 Å². The summed E-state index contributed by atoms with van der Waals surface area (Å²) < 4.78 is 7.02. The molecule has 0 spiro atoms. The number of pyridine rings is 1. The number of nitrogens with zero attached hydrogens (tertiary/aromatic N) is 3. The van der Waals surface area contributed by atoms with Crippen molar-refractivity contribution in [2.75, 3.05) is 13.6 Å². The van der Waals surface area contributed by atoms with E-state index < -0.39 is 0 Å². The standard InChI is InChI=1S/C18H27N5O2.HI/c1-14(2)16-12-15(25-22-16)13-21-18(19-3)20-9-5-7-11-23-10-6-4-8-17(23)24;/h4,6,8,10,12,14H,5,7,9,11,13H2,1-3H3,(H2,19,20,21);1H. The summed E-state index contributed by atoms with van der Waals surface area (Å²) in [5, 5.41) is 10.5. The molecule has 8 heteroatoms. The Kier molecular flexibility index (Phi) is 10.0. The summed E-state index contributed by atoms with van der Waals surface area (Å²) in [5.41, 5.74) is 0.997. The Morgan fingerprint density at radius 1 is 1.31 bits per heavy atom. The van der Waals surface area contributed by atoms with E-state index in [1.54, 1.807) is 23.7 Å². The van der Waals surface area contributed by atoms with Crippen LogP contribution in [0, 0.1) is 0 Å². The van der Waals surface area contributed by atoms with Crippen molar-refractivity contribution in [1.82, 2.24) is 20.4 Å². The Bertz CT molecular complexity index is 739. The summed E-state index contributed by atoms with van der Waals surface area (Å²) in [6, 6.07) is 7.18. The molecule has 0 amide bonds. The molecule has 0 bridgehead atoms. The maximum atomic E-state index is 11.6. The Hall–Kier alpha value is -1.84. The lowest BCUT2D eigenvalue weighted by atomic mass is 10.1. The quantitative estimate of drug-likeness (QED) is 0.267. The molecule has 0 aliphatic carbocycles. The number of nitrogens with one attached hydrogen (secondary N) is 2. The van der Waals surface area contributed by atoms with Crippen LogP contribution in [-0.2, 0) is 13.1 Å². The molecule has 0 saturated carbocycles. The molecule has 0 radical (unpaired) electrons. The maximum absolute atomic E-state index is 11.6. The number of aliphatic imine (C=N–C) groups is 1. The van der Waals surface area contributed by atoms with Gasteiger partial charge in [-0.15, -0.1) is 24.0 Å². The minimum atomic E-state index is 0. The average Bonchev–Trinajstić information content (AvgIpc) is 3.08. The van der Waals surface area contributed by atoms with E-state index in [1.165, 1.54) is 0 Å². The van der Waals surface area contributed by atoms with Gasteiger partial charge in [0.2, 0.25) is 5.56 Å². The summed E-state index contributed by atoms with van der Waals surface area (Å²) in [4.78, 5) is 15.8. The third-order valence-electron chi connectivity index (χ3n) is 3.84. The Labute approximate surface area is 171 Å². The molecule has 2 aromatic heterocycles. The van der Waals surface area contributed by atoms with Crippen molar-refractivity contribution in [3.05, 3.63) is 52.3 Å². The van der Waals surface area contributed by atoms with Crippen molar-refractivity contribution in [1.29, 1.82) is 0 Å². The van der Waals surface area contributed by atoms with Crippen molar-refractivity contribution in [2.24, 2.45) is 4.99 Å². The van der Waals surface area contributed by atoms with Gasteiger partial charge in [-0.1, -0.05) is 25.1 Å². The normalized spacial score (nSPS) is 11.3. The molecule has 26 heavy (non-hydrogen) atoms. The molecule has 0 unspecified atom stereocenters. The molecule has 0 fully saturated rings. The van der Waals surface area contributed by atoms with Crippen LogP contribution < -0.4 is 16.2 Å². The first-order valence-electron chi connectivity index (χ1n) is 8.65. The number of hydrogen-bond donors (Lipinski definition) is 2. The van der Waals surface area contributed by atoms with E-state index in [1.807, 2.05) is 18.3 Å². The van der Waals surface area contributed by atoms with E-state index in [4.69, 9.17) is 4.52 Å². The van der Waals surface area contributed by atoms with Crippen molar-refractivity contribution in [3.63, 3.8) is 0 Å². The van der Waals surface area contributed by atoms with Crippen LogP contribution in [0.15, 0.2) is 44.8 Å². The highest BCUT2D eigenvalue weighted by Crippen LogP contribution is 2.13. The number of aromatic nitrogens is 2. The van der Waals surface area contributed by atoms with E-state index in [9.17, 15) is 4.79 Å². The molecular weight excluding hydrogens is 445 g/mol. The molecular formula is C18H28IN5O2. The van der Waals surface area contributed by atoms with Crippen molar-refractivity contribution in [3.8, 4) is 0 Å². The highest BCUT2D eigenvalue weighted by molar-refractivity contribution is 14.0. The number of unbranched alkanes of at least 4 members (excludes halogenated alkanes) is 1. The number of rotatable bonds is 8. The second-order valence-electron chi connectivity index (χ2n) is 6.16. The molecule has 0 atom stereocenters. The minimum absolute atomic E-state index is 0. The first-order valence-corrected chi connectivity index (χ1v) is 8.65. The van der Waals surface area contributed by atoms with E-state index in [-0.39, 0.29) is 29.5 Å². The molecule has 144 valence electrons. The smallest absolute Gasteiger partial charge is 0.250 e. The van der Waals surface area contributed by atoms with E-state index in [2.05, 4.69) is 34.6 Å². The molecule has 7 nitrogen and oxygen atoms in total. The predicted octanol–water partition coefficient (Wildman–Crippen LogP) is 2.72.